The van der Waals surface area contributed by atoms with Crippen LogP contribution in [0.5, 0.6) is 0 Å². The minimum absolute atomic E-state index is 0.310. The summed E-state index contributed by atoms with van der Waals surface area (Å²) in [6, 6.07) is 16.6. The fourth-order valence-corrected chi connectivity index (χ4v) is 2.33. The third kappa shape index (κ3) is 5.20. The van der Waals surface area contributed by atoms with Crippen molar-refractivity contribution in [3.05, 3.63) is 65.7 Å². The Bertz CT molecular complexity index is 835. The number of aliphatic hydroxyl groups is 1. The van der Waals surface area contributed by atoms with E-state index in [9.17, 15) is 14.7 Å². The molecule has 5 heteroatoms. The Labute approximate surface area is 153 Å². The van der Waals surface area contributed by atoms with Crippen LogP contribution in [0.15, 0.2) is 54.6 Å². The lowest BCUT2D eigenvalue weighted by molar-refractivity contribution is -0.141. The van der Waals surface area contributed by atoms with Crippen LogP contribution in [0.2, 0.25) is 0 Å². The summed E-state index contributed by atoms with van der Waals surface area (Å²) in [6.07, 6.45) is -1.43. The Morgan fingerprint density at radius 1 is 1.00 bits per heavy atom. The van der Waals surface area contributed by atoms with E-state index in [4.69, 9.17) is 0 Å². The molecule has 0 unspecified atom stereocenters. The number of carbonyl (C=O) groups excluding carboxylic acids is 2. The second-order valence-corrected chi connectivity index (χ2v) is 6.15. The van der Waals surface area contributed by atoms with Crippen molar-refractivity contribution in [3.8, 4) is 11.8 Å². The minimum atomic E-state index is -1.43. The van der Waals surface area contributed by atoms with E-state index in [0.717, 1.165) is 11.1 Å². The SMILES string of the molecule is C[C@@H](C(=O)N(C)C)[C@@H](O)C(=O)Nc1cccc(C#Cc2ccccc2)c1. The van der Waals surface area contributed by atoms with Crippen LogP contribution < -0.4 is 5.32 Å². The van der Waals surface area contributed by atoms with Gasteiger partial charge in [-0.15, -0.1) is 0 Å². The average molecular weight is 350 g/mol. The zero-order valence-electron chi connectivity index (χ0n) is 15.1. The Morgan fingerprint density at radius 3 is 2.27 bits per heavy atom. The molecule has 2 aromatic rings. The first-order valence-corrected chi connectivity index (χ1v) is 8.25. The van der Waals surface area contributed by atoms with Crippen LogP contribution in [-0.4, -0.2) is 42.0 Å². The predicted octanol–water partition coefficient (Wildman–Crippen LogP) is 2.11. The number of anilines is 1. The first-order chi connectivity index (χ1) is 12.4. The monoisotopic (exact) mass is 350 g/mol. The van der Waals surface area contributed by atoms with Gasteiger partial charge in [-0.3, -0.25) is 9.59 Å². The van der Waals surface area contributed by atoms with E-state index < -0.39 is 17.9 Å². The summed E-state index contributed by atoms with van der Waals surface area (Å²) in [5.41, 5.74) is 2.14. The van der Waals surface area contributed by atoms with Gasteiger partial charge >= 0.3 is 0 Å². The Hall–Kier alpha value is -3.10. The predicted molar refractivity (Wildman–Crippen MR) is 101 cm³/mol. The second kappa shape index (κ2) is 8.84. The molecule has 0 aliphatic rings. The van der Waals surface area contributed by atoms with Crippen molar-refractivity contribution in [1.82, 2.24) is 4.90 Å². The lowest BCUT2D eigenvalue weighted by Gasteiger charge is -2.21. The maximum Gasteiger partial charge on any atom is 0.254 e. The zero-order chi connectivity index (χ0) is 19.1. The van der Waals surface area contributed by atoms with E-state index >= 15 is 0 Å². The van der Waals surface area contributed by atoms with Crippen LogP contribution in [0, 0.1) is 17.8 Å². The number of nitrogens with one attached hydrogen (secondary N) is 1. The molecule has 0 spiro atoms. The molecule has 2 atom stereocenters. The van der Waals surface area contributed by atoms with Crippen LogP contribution in [0.25, 0.3) is 0 Å². The fourth-order valence-electron chi connectivity index (χ4n) is 2.33. The van der Waals surface area contributed by atoms with E-state index in [2.05, 4.69) is 17.2 Å². The van der Waals surface area contributed by atoms with Crippen molar-refractivity contribution in [2.45, 2.75) is 13.0 Å². The molecule has 0 fully saturated rings. The molecular weight excluding hydrogens is 328 g/mol. The summed E-state index contributed by atoms with van der Waals surface area (Å²) in [5.74, 6) is 4.32. The maximum absolute atomic E-state index is 12.2. The van der Waals surface area contributed by atoms with E-state index in [1.807, 2.05) is 36.4 Å². The van der Waals surface area contributed by atoms with Crippen molar-refractivity contribution in [2.24, 2.45) is 5.92 Å². The van der Waals surface area contributed by atoms with Gasteiger partial charge in [0, 0.05) is 30.9 Å². The van der Waals surface area contributed by atoms with Crippen LogP contribution in [0.4, 0.5) is 5.69 Å². The van der Waals surface area contributed by atoms with Crippen LogP contribution in [-0.2, 0) is 9.59 Å². The van der Waals surface area contributed by atoms with E-state index in [0.29, 0.717) is 5.69 Å². The Balaban J connectivity index is 2.07. The molecular formula is C21H22N2O3. The maximum atomic E-state index is 12.2. The van der Waals surface area contributed by atoms with E-state index in [1.54, 1.807) is 32.3 Å². The van der Waals surface area contributed by atoms with Crippen molar-refractivity contribution >= 4 is 17.5 Å². The molecule has 0 aliphatic heterocycles. The molecule has 2 amide bonds. The largest absolute Gasteiger partial charge is 0.382 e. The topological polar surface area (TPSA) is 69.6 Å². The Morgan fingerprint density at radius 2 is 1.62 bits per heavy atom. The second-order valence-electron chi connectivity index (χ2n) is 6.15. The van der Waals surface area contributed by atoms with Gasteiger partial charge in [-0.2, -0.15) is 0 Å². The van der Waals surface area contributed by atoms with Crippen molar-refractivity contribution in [3.63, 3.8) is 0 Å². The number of rotatable bonds is 4. The number of carbonyl (C=O) groups is 2. The molecule has 2 aromatic carbocycles. The molecule has 134 valence electrons. The molecule has 0 aromatic heterocycles. The number of benzene rings is 2. The number of aliphatic hydroxyl groups excluding tert-OH is 1. The van der Waals surface area contributed by atoms with Crippen LogP contribution in [0.1, 0.15) is 18.1 Å². The van der Waals surface area contributed by atoms with Crippen molar-refractivity contribution in [1.29, 1.82) is 0 Å². The quantitative estimate of drug-likeness (QED) is 0.830. The highest BCUT2D eigenvalue weighted by Crippen LogP contribution is 2.13. The number of hydrogen-bond donors (Lipinski definition) is 2. The molecule has 26 heavy (non-hydrogen) atoms. The van der Waals surface area contributed by atoms with Gasteiger partial charge in [0.2, 0.25) is 5.91 Å². The van der Waals surface area contributed by atoms with Gasteiger partial charge in [0.15, 0.2) is 0 Å². The molecule has 0 bridgehead atoms. The summed E-state index contributed by atoms with van der Waals surface area (Å²) in [6.45, 7) is 1.52. The average Bonchev–Trinajstić information content (AvgIpc) is 2.65. The van der Waals surface area contributed by atoms with E-state index in [-0.39, 0.29) is 5.91 Å². The number of amides is 2. The fraction of sp³-hybridized carbons (Fsp3) is 0.238. The van der Waals surface area contributed by atoms with Gasteiger partial charge in [0.05, 0.1) is 5.92 Å². The summed E-state index contributed by atoms with van der Waals surface area (Å²) in [5, 5.41) is 12.7. The third-order valence-corrected chi connectivity index (χ3v) is 3.83. The molecule has 5 nitrogen and oxygen atoms in total. The van der Waals surface area contributed by atoms with Gasteiger partial charge in [-0.05, 0) is 30.3 Å². The Kier molecular flexibility index (Phi) is 6.54. The lowest BCUT2D eigenvalue weighted by Crippen LogP contribution is -2.41. The molecule has 0 saturated heterocycles. The third-order valence-electron chi connectivity index (χ3n) is 3.83. The van der Waals surface area contributed by atoms with Crippen LogP contribution in [0.3, 0.4) is 0 Å². The normalized spacial score (nSPS) is 12.3. The summed E-state index contributed by atoms with van der Waals surface area (Å²) in [7, 11) is 3.16. The number of hydrogen-bond acceptors (Lipinski definition) is 3. The van der Waals surface area contributed by atoms with Gasteiger partial charge < -0.3 is 15.3 Å². The zero-order valence-corrected chi connectivity index (χ0v) is 15.1. The molecule has 2 N–H and O–H groups in total. The van der Waals surface area contributed by atoms with Gasteiger partial charge in [0.25, 0.3) is 5.91 Å². The smallest absolute Gasteiger partial charge is 0.254 e. The van der Waals surface area contributed by atoms with E-state index in [1.165, 1.54) is 11.8 Å². The van der Waals surface area contributed by atoms with Gasteiger partial charge in [-0.25, -0.2) is 0 Å². The van der Waals surface area contributed by atoms with Crippen LogP contribution >= 0.6 is 0 Å². The van der Waals surface area contributed by atoms with Crippen molar-refractivity contribution in [2.75, 3.05) is 19.4 Å². The molecule has 0 saturated carbocycles. The van der Waals surface area contributed by atoms with Gasteiger partial charge in [-0.1, -0.05) is 43.0 Å². The summed E-state index contributed by atoms with van der Waals surface area (Å²) in [4.78, 5) is 25.4. The standard InChI is InChI=1S/C21H22N2O3/c1-15(21(26)23(2)3)19(24)20(25)22-18-11-7-10-17(14-18)13-12-16-8-5-4-6-9-16/h4-11,14-15,19,24H,1-3H3,(H,22,25)/t15-,19-/m1/s1. The van der Waals surface area contributed by atoms with Gasteiger partial charge in [0.1, 0.15) is 6.10 Å². The first-order valence-electron chi connectivity index (χ1n) is 8.25. The molecule has 2 rings (SSSR count). The summed E-state index contributed by atoms with van der Waals surface area (Å²) < 4.78 is 0. The number of nitrogens with zero attached hydrogens (tertiary/aromatic N) is 1. The first kappa shape index (κ1) is 19.2. The highest BCUT2D eigenvalue weighted by molar-refractivity contribution is 5.97. The minimum Gasteiger partial charge on any atom is -0.382 e. The highest BCUT2D eigenvalue weighted by Gasteiger charge is 2.29. The lowest BCUT2D eigenvalue weighted by atomic mass is 10.0. The molecule has 0 radical (unpaired) electrons. The molecule has 0 aliphatic carbocycles. The molecule has 0 heterocycles. The highest BCUT2D eigenvalue weighted by atomic mass is 16.3. The summed E-state index contributed by atoms with van der Waals surface area (Å²) >= 11 is 0. The van der Waals surface area contributed by atoms with Crippen molar-refractivity contribution < 1.29 is 14.7 Å².